The molecule has 1 heterocycles. The molecule has 32 heavy (non-hydrogen) atoms. The molecule has 4 N–H and O–H groups in total. The number of aliphatic hydroxyl groups is 1. The molecule has 9 heteroatoms. The van der Waals surface area contributed by atoms with E-state index in [4.69, 9.17) is 4.74 Å². The average Bonchev–Trinajstić information content (AvgIpc) is 2.73. The van der Waals surface area contributed by atoms with Gasteiger partial charge in [0.15, 0.2) is 5.96 Å². The van der Waals surface area contributed by atoms with Gasteiger partial charge in [-0.1, -0.05) is 18.2 Å². The van der Waals surface area contributed by atoms with E-state index in [-0.39, 0.29) is 49.0 Å². The molecule has 0 saturated carbocycles. The summed E-state index contributed by atoms with van der Waals surface area (Å²) in [5.41, 5.74) is 1.80. The second-order valence-electron chi connectivity index (χ2n) is 7.42. The van der Waals surface area contributed by atoms with Gasteiger partial charge in [0, 0.05) is 25.7 Å². The fourth-order valence-electron chi connectivity index (χ4n) is 2.71. The molecule has 2 rings (SSSR count). The summed E-state index contributed by atoms with van der Waals surface area (Å²) in [6.07, 6.45) is 1.34. The summed E-state index contributed by atoms with van der Waals surface area (Å²) in [6.45, 7) is 9.10. The number of nitrogens with one attached hydrogen (secondary N) is 3. The number of hydrogen-bond donors (Lipinski definition) is 4. The quantitative estimate of drug-likeness (QED) is 0.203. The van der Waals surface area contributed by atoms with Crippen molar-refractivity contribution in [3.63, 3.8) is 0 Å². The van der Waals surface area contributed by atoms with Crippen LogP contribution in [0.2, 0.25) is 0 Å². The number of aromatic nitrogens is 1. The number of nitrogens with zero attached hydrogens (tertiary/aromatic N) is 2. The molecule has 0 saturated heterocycles. The Labute approximate surface area is 207 Å². The number of aliphatic hydroxyl groups excluding tert-OH is 1. The van der Waals surface area contributed by atoms with E-state index in [1.165, 1.54) is 0 Å². The fourth-order valence-corrected chi connectivity index (χ4v) is 2.71. The summed E-state index contributed by atoms with van der Waals surface area (Å²) in [7, 11) is 0. The second-order valence-corrected chi connectivity index (χ2v) is 7.42. The van der Waals surface area contributed by atoms with Gasteiger partial charge in [-0.3, -0.25) is 9.79 Å². The lowest BCUT2D eigenvalue weighted by Gasteiger charge is -2.14. The summed E-state index contributed by atoms with van der Waals surface area (Å²) in [5, 5.41) is 19.4. The van der Waals surface area contributed by atoms with E-state index >= 15 is 0 Å². The van der Waals surface area contributed by atoms with Crippen LogP contribution in [-0.4, -0.2) is 47.7 Å². The summed E-state index contributed by atoms with van der Waals surface area (Å²) < 4.78 is 5.62. The number of guanidine groups is 1. The monoisotopic (exact) mass is 555 g/mol. The Bertz CT molecular complexity index is 842. The summed E-state index contributed by atoms with van der Waals surface area (Å²) in [4.78, 5) is 20.7. The predicted molar refractivity (Wildman–Crippen MR) is 139 cm³/mol. The van der Waals surface area contributed by atoms with Gasteiger partial charge in [0.05, 0.1) is 18.8 Å². The van der Waals surface area contributed by atoms with E-state index in [1.807, 2.05) is 58.0 Å². The zero-order valence-electron chi connectivity index (χ0n) is 19.1. The number of benzene rings is 1. The van der Waals surface area contributed by atoms with Gasteiger partial charge in [-0.15, -0.1) is 24.0 Å². The van der Waals surface area contributed by atoms with E-state index in [9.17, 15) is 9.90 Å². The van der Waals surface area contributed by atoms with Gasteiger partial charge in [-0.05, 0) is 57.0 Å². The smallest absolute Gasteiger partial charge is 0.227 e. The van der Waals surface area contributed by atoms with Crippen LogP contribution < -0.4 is 20.7 Å². The molecular weight excluding hydrogens is 521 g/mol. The Morgan fingerprint density at radius 2 is 1.88 bits per heavy atom. The Balaban J connectivity index is 0.00000512. The molecule has 0 aliphatic heterocycles. The molecule has 0 aliphatic carbocycles. The maximum absolute atomic E-state index is 12.1. The number of ether oxygens (including phenoxy) is 1. The number of rotatable bonds is 10. The minimum Gasteiger partial charge on any atom is -0.491 e. The van der Waals surface area contributed by atoms with Gasteiger partial charge in [0.25, 0.3) is 0 Å². The normalized spacial score (nSPS) is 12.0. The van der Waals surface area contributed by atoms with E-state index in [2.05, 4.69) is 25.9 Å². The van der Waals surface area contributed by atoms with Crippen molar-refractivity contribution in [1.82, 2.24) is 15.6 Å². The van der Waals surface area contributed by atoms with Crippen LogP contribution in [0.3, 0.4) is 0 Å². The van der Waals surface area contributed by atoms with Crippen molar-refractivity contribution in [2.24, 2.45) is 4.99 Å². The van der Waals surface area contributed by atoms with Crippen LogP contribution in [0, 0.1) is 6.92 Å². The van der Waals surface area contributed by atoms with Crippen LogP contribution in [0.15, 0.2) is 47.6 Å². The molecule has 1 aromatic heterocycles. The molecule has 8 nitrogen and oxygen atoms in total. The first-order valence-electron chi connectivity index (χ1n) is 10.6. The van der Waals surface area contributed by atoms with E-state index in [1.54, 1.807) is 12.3 Å². The molecule has 2 aromatic rings. The van der Waals surface area contributed by atoms with Crippen molar-refractivity contribution < 1.29 is 14.6 Å². The van der Waals surface area contributed by atoms with Crippen LogP contribution in [0.25, 0.3) is 0 Å². The lowest BCUT2D eigenvalue weighted by Crippen LogP contribution is -2.39. The van der Waals surface area contributed by atoms with Gasteiger partial charge >= 0.3 is 0 Å². The molecule has 0 spiro atoms. The second kappa shape index (κ2) is 14.6. The molecular formula is C23H34IN5O3. The number of aryl methyl sites for hydroxylation is 1. The Morgan fingerprint density at radius 1 is 1.16 bits per heavy atom. The summed E-state index contributed by atoms with van der Waals surface area (Å²) >= 11 is 0. The highest BCUT2D eigenvalue weighted by molar-refractivity contribution is 14.0. The molecule has 176 valence electrons. The molecule has 1 aromatic carbocycles. The van der Waals surface area contributed by atoms with Crippen molar-refractivity contribution >= 4 is 41.7 Å². The topological polar surface area (TPSA) is 108 Å². The molecule has 0 fully saturated rings. The van der Waals surface area contributed by atoms with Gasteiger partial charge < -0.3 is 25.8 Å². The van der Waals surface area contributed by atoms with Crippen molar-refractivity contribution in [1.29, 1.82) is 0 Å². The number of aliphatic imine (C=N–C) groups is 1. The zero-order valence-corrected chi connectivity index (χ0v) is 21.4. The highest BCUT2D eigenvalue weighted by Gasteiger charge is 2.09. The average molecular weight is 555 g/mol. The van der Waals surface area contributed by atoms with Gasteiger partial charge in [-0.25, -0.2) is 4.98 Å². The number of pyridine rings is 1. The van der Waals surface area contributed by atoms with Crippen molar-refractivity contribution in [3.8, 4) is 5.75 Å². The molecule has 0 radical (unpaired) electrons. The lowest BCUT2D eigenvalue weighted by molar-refractivity contribution is -0.116. The Hall–Kier alpha value is -2.40. The minimum atomic E-state index is -0.737. The van der Waals surface area contributed by atoms with Crippen LogP contribution in [0.5, 0.6) is 5.75 Å². The van der Waals surface area contributed by atoms with E-state index in [0.717, 1.165) is 16.9 Å². The van der Waals surface area contributed by atoms with Crippen LogP contribution >= 0.6 is 24.0 Å². The maximum atomic E-state index is 12.1. The van der Waals surface area contributed by atoms with Crippen molar-refractivity contribution in [2.75, 3.05) is 25.0 Å². The van der Waals surface area contributed by atoms with Gasteiger partial charge in [-0.2, -0.15) is 0 Å². The summed E-state index contributed by atoms with van der Waals surface area (Å²) in [5.74, 6) is 1.71. The third-order valence-corrected chi connectivity index (χ3v) is 4.23. The third-order valence-electron chi connectivity index (χ3n) is 4.23. The minimum absolute atomic E-state index is 0. The number of anilines is 1. The summed E-state index contributed by atoms with van der Waals surface area (Å²) in [6, 6.07) is 11.0. The molecule has 1 unspecified atom stereocenters. The first-order chi connectivity index (χ1) is 14.9. The maximum Gasteiger partial charge on any atom is 0.227 e. The highest BCUT2D eigenvalue weighted by Crippen LogP contribution is 2.19. The largest absolute Gasteiger partial charge is 0.491 e. The molecule has 0 aliphatic rings. The Morgan fingerprint density at radius 3 is 2.47 bits per heavy atom. The molecule has 1 amide bonds. The Kier molecular flexibility index (Phi) is 12.6. The van der Waals surface area contributed by atoms with Crippen LogP contribution in [-0.2, 0) is 4.79 Å². The van der Waals surface area contributed by atoms with Crippen LogP contribution in [0.1, 0.15) is 44.4 Å². The number of carbonyl (C=O) groups is 1. The SMILES string of the molecule is CCNC(=NCC(O)c1ccc(OC(C)C)cc1)NCCC(=O)Nc1ccc(C)cn1.I. The highest BCUT2D eigenvalue weighted by atomic mass is 127. The molecule has 1 atom stereocenters. The molecule has 0 bridgehead atoms. The first kappa shape index (κ1) is 27.6. The number of halogens is 1. The number of carbonyl (C=O) groups excluding carboxylic acids is 1. The predicted octanol–water partition coefficient (Wildman–Crippen LogP) is 3.41. The van der Waals surface area contributed by atoms with Crippen molar-refractivity contribution in [2.45, 2.75) is 46.3 Å². The van der Waals surface area contributed by atoms with Crippen LogP contribution in [0.4, 0.5) is 5.82 Å². The number of hydrogen-bond acceptors (Lipinski definition) is 5. The fraction of sp³-hybridized carbons (Fsp3) is 0.435. The van der Waals surface area contributed by atoms with Gasteiger partial charge in [0.1, 0.15) is 11.6 Å². The number of amides is 1. The zero-order chi connectivity index (χ0) is 22.6. The van der Waals surface area contributed by atoms with E-state index < -0.39 is 6.10 Å². The standard InChI is InChI=1S/C23H33N5O3.HI/c1-5-24-23(25-13-12-22(30)28-21-11-6-17(4)14-26-21)27-15-20(29)18-7-9-19(10-8-18)31-16(2)3;/h6-11,14,16,20,29H,5,12-13,15H2,1-4H3,(H2,24,25,27)(H,26,28,30);1H. The van der Waals surface area contributed by atoms with E-state index in [0.29, 0.717) is 24.9 Å². The van der Waals surface area contributed by atoms with Crippen molar-refractivity contribution in [3.05, 3.63) is 53.7 Å². The third kappa shape index (κ3) is 10.3. The van der Waals surface area contributed by atoms with Gasteiger partial charge in [0.2, 0.25) is 5.91 Å². The first-order valence-corrected chi connectivity index (χ1v) is 10.6. The lowest BCUT2D eigenvalue weighted by atomic mass is 10.1.